The normalized spacial score (nSPS) is 10.2. The monoisotopic (exact) mass is 257 g/mol. The second-order valence-electron chi connectivity index (χ2n) is 3.38. The molecule has 1 rings (SSSR count). The summed E-state index contributed by atoms with van der Waals surface area (Å²) in [5, 5.41) is 17.4. The minimum Gasteiger partial charge on any atom is -0.493 e. The van der Waals surface area contributed by atoms with Crippen LogP contribution >= 0.6 is 0 Å². The molecule has 0 heterocycles. The fourth-order valence-corrected chi connectivity index (χ4v) is 1.32. The van der Waals surface area contributed by atoms with Crippen molar-refractivity contribution in [2.24, 2.45) is 0 Å². The number of hydrogen-bond acceptors (Lipinski definition) is 4. The predicted molar refractivity (Wildman–Crippen MR) is 68.5 cm³/mol. The zero-order valence-electron chi connectivity index (χ0n) is 10.2. The molecule has 1 N–H and O–H groups in total. The highest BCUT2D eigenvalue weighted by atomic mass is 16.5. The number of carboxylic acids is 1. The third-order valence-corrected chi connectivity index (χ3v) is 2.16. The SMILES string of the molecule is C#CCOc1ccc(/C=C(\C#N)C(=O)O)cc1OC. The van der Waals surface area contributed by atoms with Gasteiger partial charge in [0.1, 0.15) is 18.2 Å². The maximum Gasteiger partial charge on any atom is 0.346 e. The Bertz CT molecular complexity index is 590. The molecule has 0 radical (unpaired) electrons. The van der Waals surface area contributed by atoms with E-state index in [0.717, 1.165) is 0 Å². The zero-order valence-corrected chi connectivity index (χ0v) is 10.2. The highest BCUT2D eigenvalue weighted by Crippen LogP contribution is 2.28. The fraction of sp³-hybridized carbons (Fsp3) is 0.143. The largest absolute Gasteiger partial charge is 0.493 e. The van der Waals surface area contributed by atoms with Crippen LogP contribution in [-0.2, 0) is 4.79 Å². The Balaban J connectivity index is 3.11. The first kappa shape index (κ1) is 14.1. The summed E-state index contributed by atoms with van der Waals surface area (Å²) < 4.78 is 10.4. The van der Waals surface area contributed by atoms with Gasteiger partial charge < -0.3 is 14.6 Å². The Morgan fingerprint density at radius 2 is 2.26 bits per heavy atom. The molecule has 0 saturated carbocycles. The van der Waals surface area contributed by atoms with Crippen molar-refractivity contribution in [3.63, 3.8) is 0 Å². The Hall–Kier alpha value is -2.92. The van der Waals surface area contributed by atoms with E-state index in [1.54, 1.807) is 24.3 Å². The topological polar surface area (TPSA) is 79.5 Å². The molecule has 0 fully saturated rings. The van der Waals surface area contributed by atoms with E-state index < -0.39 is 5.97 Å². The molecule has 1 aromatic rings. The Morgan fingerprint density at radius 1 is 1.53 bits per heavy atom. The van der Waals surface area contributed by atoms with Crippen molar-refractivity contribution in [1.82, 2.24) is 0 Å². The number of ether oxygens (including phenoxy) is 2. The molecule has 0 aliphatic carbocycles. The van der Waals surface area contributed by atoms with Crippen molar-refractivity contribution in [1.29, 1.82) is 5.26 Å². The average Bonchev–Trinajstić information content (AvgIpc) is 2.42. The number of carboxylic acid groups (broad SMARTS) is 1. The van der Waals surface area contributed by atoms with Gasteiger partial charge in [0.2, 0.25) is 0 Å². The summed E-state index contributed by atoms with van der Waals surface area (Å²) in [7, 11) is 1.45. The number of hydrogen-bond donors (Lipinski definition) is 1. The van der Waals surface area contributed by atoms with Gasteiger partial charge in [0, 0.05) is 0 Å². The van der Waals surface area contributed by atoms with E-state index in [4.69, 9.17) is 26.3 Å². The average molecular weight is 257 g/mol. The lowest BCUT2D eigenvalue weighted by molar-refractivity contribution is -0.132. The third kappa shape index (κ3) is 3.79. The molecule has 0 spiro atoms. The van der Waals surface area contributed by atoms with Crippen LogP contribution in [0.3, 0.4) is 0 Å². The number of aliphatic carboxylic acids is 1. The van der Waals surface area contributed by atoms with Crippen molar-refractivity contribution < 1.29 is 19.4 Å². The molecule has 0 aliphatic rings. The molecule has 0 unspecified atom stereocenters. The van der Waals surface area contributed by atoms with Crippen molar-refractivity contribution in [2.45, 2.75) is 0 Å². The molecule has 0 saturated heterocycles. The Labute approximate surface area is 110 Å². The van der Waals surface area contributed by atoms with E-state index in [2.05, 4.69) is 5.92 Å². The number of carbonyl (C=O) groups is 1. The highest BCUT2D eigenvalue weighted by Gasteiger charge is 2.08. The van der Waals surface area contributed by atoms with Gasteiger partial charge in [0.15, 0.2) is 11.5 Å². The van der Waals surface area contributed by atoms with Crippen LogP contribution in [0.15, 0.2) is 23.8 Å². The van der Waals surface area contributed by atoms with Crippen LogP contribution < -0.4 is 9.47 Å². The summed E-state index contributed by atoms with van der Waals surface area (Å²) in [6, 6.07) is 6.36. The van der Waals surface area contributed by atoms with Crippen LogP contribution in [0.2, 0.25) is 0 Å². The third-order valence-electron chi connectivity index (χ3n) is 2.16. The molecule has 96 valence electrons. The van der Waals surface area contributed by atoms with E-state index in [1.165, 1.54) is 13.2 Å². The quantitative estimate of drug-likeness (QED) is 0.493. The maximum absolute atomic E-state index is 10.7. The first-order valence-electron chi connectivity index (χ1n) is 5.21. The number of benzene rings is 1. The Kier molecular flexibility index (Phi) is 5.01. The van der Waals surface area contributed by atoms with Gasteiger partial charge in [-0.05, 0) is 23.8 Å². The molecule has 0 aliphatic heterocycles. The molecule has 1 aromatic carbocycles. The summed E-state index contributed by atoms with van der Waals surface area (Å²) in [5.41, 5.74) is 0.156. The second kappa shape index (κ2) is 6.73. The van der Waals surface area contributed by atoms with E-state index >= 15 is 0 Å². The second-order valence-corrected chi connectivity index (χ2v) is 3.38. The minimum absolute atomic E-state index is 0.101. The number of methoxy groups -OCH3 is 1. The number of nitriles is 1. The lowest BCUT2D eigenvalue weighted by Gasteiger charge is -2.09. The van der Waals surface area contributed by atoms with Crippen LogP contribution in [0.25, 0.3) is 6.08 Å². The zero-order chi connectivity index (χ0) is 14.3. The van der Waals surface area contributed by atoms with Crippen molar-refractivity contribution in [3.05, 3.63) is 29.3 Å². The molecular formula is C14H11NO4. The lowest BCUT2D eigenvalue weighted by Crippen LogP contribution is -1.99. The van der Waals surface area contributed by atoms with Gasteiger partial charge in [-0.25, -0.2) is 4.79 Å². The molecule has 0 atom stereocenters. The minimum atomic E-state index is -1.28. The Morgan fingerprint density at radius 3 is 2.79 bits per heavy atom. The standard InChI is InChI=1S/C14H11NO4/c1-3-6-19-12-5-4-10(8-13(12)18-2)7-11(9-15)14(16)17/h1,4-5,7-8H,6H2,2H3,(H,16,17)/b11-7+. The van der Waals surface area contributed by atoms with Crippen LogP contribution in [0.4, 0.5) is 0 Å². The van der Waals surface area contributed by atoms with Crippen molar-refractivity contribution in [2.75, 3.05) is 13.7 Å². The summed E-state index contributed by atoms with van der Waals surface area (Å²) in [5.74, 6) is 1.90. The van der Waals surface area contributed by atoms with Gasteiger partial charge in [0.05, 0.1) is 7.11 Å². The molecule has 19 heavy (non-hydrogen) atoms. The van der Waals surface area contributed by atoms with Crippen LogP contribution in [-0.4, -0.2) is 24.8 Å². The predicted octanol–water partition coefficient (Wildman–Crippen LogP) is 1.70. The van der Waals surface area contributed by atoms with Gasteiger partial charge in [-0.3, -0.25) is 0 Å². The van der Waals surface area contributed by atoms with Gasteiger partial charge in [-0.15, -0.1) is 6.42 Å². The molecule has 0 aromatic heterocycles. The molecular weight excluding hydrogens is 246 g/mol. The summed E-state index contributed by atoms with van der Waals surface area (Å²) >= 11 is 0. The van der Waals surface area contributed by atoms with Gasteiger partial charge in [-0.1, -0.05) is 12.0 Å². The van der Waals surface area contributed by atoms with Crippen LogP contribution in [0, 0.1) is 23.7 Å². The van der Waals surface area contributed by atoms with Crippen LogP contribution in [0.5, 0.6) is 11.5 Å². The van der Waals surface area contributed by atoms with E-state index in [0.29, 0.717) is 17.1 Å². The molecule has 5 nitrogen and oxygen atoms in total. The highest BCUT2D eigenvalue weighted by molar-refractivity contribution is 5.96. The number of terminal acetylenes is 1. The van der Waals surface area contributed by atoms with Crippen LogP contribution in [0.1, 0.15) is 5.56 Å². The summed E-state index contributed by atoms with van der Waals surface area (Å²) in [6.07, 6.45) is 6.33. The summed E-state index contributed by atoms with van der Waals surface area (Å²) in [4.78, 5) is 10.7. The molecule has 0 bridgehead atoms. The lowest BCUT2D eigenvalue weighted by atomic mass is 10.1. The van der Waals surface area contributed by atoms with Gasteiger partial charge in [-0.2, -0.15) is 5.26 Å². The first-order chi connectivity index (χ1) is 9.12. The van der Waals surface area contributed by atoms with E-state index in [9.17, 15) is 4.79 Å². The molecule has 5 heteroatoms. The van der Waals surface area contributed by atoms with Gasteiger partial charge >= 0.3 is 5.97 Å². The van der Waals surface area contributed by atoms with Crippen molar-refractivity contribution in [3.8, 4) is 29.9 Å². The van der Waals surface area contributed by atoms with Gasteiger partial charge in [0.25, 0.3) is 0 Å². The van der Waals surface area contributed by atoms with E-state index in [1.807, 2.05) is 0 Å². The van der Waals surface area contributed by atoms with E-state index in [-0.39, 0.29) is 12.2 Å². The molecule has 0 amide bonds. The first-order valence-corrected chi connectivity index (χ1v) is 5.21. The summed E-state index contributed by atoms with van der Waals surface area (Å²) in [6.45, 7) is 0.101. The fourth-order valence-electron chi connectivity index (χ4n) is 1.32. The number of nitrogens with zero attached hydrogens (tertiary/aromatic N) is 1. The maximum atomic E-state index is 10.7. The number of rotatable bonds is 5. The van der Waals surface area contributed by atoms with Crippen molar-refractivity contribution >= 4 is 12.0 Å². The smallest absolute Gasteiger partial charge is 0.346 e.